The van der Waals surface area contributed by atoms with Crippen molar-refractivity contribution in [1.29, 1.82) is 0 Å². The fourth-order valence-electron chi connectivity index (χ4n) is 3.46. The zero-order valence-electron chi connectivity index (χ0n) is 20.0. The molecule has 1 aromatic heterocycles. The van der Waals surface area contributed by atoms with E-state index in [0.717, 1.165) is 23.6 Å². The van der Waals surface area contributed by atoms with Crippen LogP contribution in [0.3, 0.4) is 0 Å². The molecule has 0 spiro atoms. The van der Waals surface area contributed by atoms with E-state index in [2.05, 4.69) is 4.98 Å². The topological polar surface area (TPSA) is 77.9 Å². The summed E-state index contributed by atoms with van der Waals surface area (Å²) in [6.07, 6.45) is -2.57. The van der Waals surface area contributed by atoms with Crippen LogP contribution in [0.4, 0.5) is 13.2 Å². The maximum absolute atomic E-state index is 13.2. The van der Waals surface area contributed by atoms with Crippen LogP contribution in [0, 0.1) is 0 Å². The first kappa shape index (κ1) is 26.8. The minimum atomic E-state index is -4.57. The van der Waals surface area contributed by atoms with E-state index < -0.39 is 23.8 Å². The SMILES string of the molecule is CCc1cc(OCC[C@@H](C)Oc2ncc(C(F)(F)F)cc2Oc2ccccc2)ccc1CCC(=O)O. The smallest absolute Gasteiger partial charge is 0.418 e. The molecule has 0 radical (unpaired) electrons. The van der Waals surface area contributed by atoms with Gasteiger partial charge in [-0.2, -0.15) is 13.2 Å². The van der Waals surface area contributed by atoms with Crippen LogP contribution in [-0.4, -0.2) is 28.8 Å². The van der Waals surface area contributed by atoms with Gasteiger partial charge in [-0.05, 0) is 55.2 Å². The molecule has 192 valence electrons. The summed E-state index contributed by atoms with van der Waals surface area (Å²) in [5.41, 5.74) is 1.06. The number of halogens is 3. The Morgan fingerprint density at radius 2 is 1.81 bits per heavy atom. The first-order valence-corrected chi connectivity index (χ1v) is 11.6. The van der Waals surface area contributed by atoms with Gasteiger partial charge in [0.2, 0.25) is 0 Å². The summed E-state index contributed by atoms with van der Waals surface area (Å²) >= 11 is 0. The van der Waals surface area contributed by atoms with Crippen molar-refractivity contribution in [2.45, 2.75) is 51.8 Å². The standard InChI is InChI=1S/C27H28F3NO5/c1-3-19-15-23(11-9-20(19)10-12-25(32)33)34-14-13-18(2)35-26-24(36-22-7-5-4-6-8-22)16-21(17-31-26)27(28,29)30/h4-9,11,15-18H,3,10,12-14H2,1-2H3,(H,32,33)/t18-/m1/s1. The Hall–Kier alpha value is -3.75. The summed E-state index contributed by atoms with van der Waals surface area (Å²) in [6, 6.07) is 14.9. The molecule has 0 aliphatic heterocycles. The van der Waals surface area contributed by atoms with E-state index in [0.29, 0.717) is 37.1 Å². The monoisotopic (exact) mass is 503 g/mol. The van der Waals surface area contributed by atoms with Crippen molar-refractivity contribution in [3.63, 3.8) is 0 Å². The molecule has 0 aliphatic carbocycles. The number of benzene rings is 2. The van der Waals surface area contributed by atoms with E-state index in [1.807, 2.05) is 19.1 Å². The van der Waals surface area contributed by atoms with Crippen LogP contribution in [0.1, 0.15) is 43.4 Å². The van der Waals surface area contributed by atoms with Crippen molar-refractivity contribution in [2.24, 2.45) is 0 Å². The predicted molar refractivity (Wildman–Crippen MR) is 128 cm³/mol. The highest BCUT2D eigenvalue weighted by Crippen LogP contribution is 2.37. The quantitative estimate of drug-likeness (QED) is 0.296. The Morgan fingerprint density at radius 3 is 2.47 bits per heavy atom. The fraction of sp³-hybridized carbons (Fsp3) is 0.333. The van der Waals surface area contributed by atoms with E-state index in [1.165, 1.54) is 0 Å². The van der Waals surface area contributed by atoms with Crippen LogP contribution in [0.5, 0.6) is 23.1 Å². The number of aliphatic carboxylic acids is 1. The number of aryl methyl sites for hydroxylation is 2. The molecule has 0 aliphatic rings. The molecule has 0 amide bonds. The Balaban J connectivity index is 1.63. The number of hydrogen-bond acceptors (Lipinski definition) is 5. The van der Waals surface area contributed by atoms with Crippen molar-refractivity contribution < 1.29 is 37.3 Å². The number of carbonyl (C=O) groups is 1. The van der Waals surface area contributed by atoms with E-state index in [9.17, 15) is 18.0 Å². The third-order valence-electron chi connectivity index (χ3n) is 5.39. The largest absolute Gasteiger partial charge is 0.493 e. The highest BCUT2D eigenvalue weighted by Gasteiger charge is 2.32. The third-order valence-corrected chi connectivity index (χ3v) is 5.39. The van der Waals surface area contributed by atoms with E-state index in [-0.39, 0.29) is 18.1 Å². The molecule has 36 heavy (non-hydrogen) atoms. The van der Waals surface area contributed by atoms with E-state index in [4.69, 9.17) is 19.3 Å². The number of carboxylic acids is 1. The van der Waals surface area contributed by atoms with E-state index >= 15 is 0 Å². The van der Waals surface area contributed by atoms with Crippen molar-refractivity contribution >= 4 is 5.97 Å². The zero-order chi connectivity index (χ0) is 26.1. The van der Waals surface area contributed by atoms with Gasteiger partial charge in [-0.25, -0.2) is 4.98 Å². The van der Waals surface area contributed by atoms with Gasteiger partial charge in [0, 0.05) is 25.1 Å². The number of ether oxygens (including phenoxy) is 3. The number of nitrogens with zero attached hydrogens (tertiary/aromatic N) is 1. The maximum atomic E-state index is 13.2. The number of rotatable bonds is 12. The summed E-state index contributed by atoms with van der Waals surface area (Å²) in [6.45, 7) is 4.06. The molecule has 0 saturated heterocycles. The lowest BCUT2D eigenvalue weighted by molar-refractivity contribution is -0.138. The van der Waals surface area contributed by atoms with Crippen LogP contribution in [0.2, 0.25) is 0 Å². The van der Waals surface area contributed by atoms with Gasteiger partial charge in [0.25, 0.3) is 5.88 Å². The Morgan fingerprint density at radius 1 is 1.06 bits per heavy atom. The van der Waals surface area contributed by atoms with Gasteiger partial charge in [-0.1, -0.05) is 31.2 Å². The van der Waals surface area contributed by atoms with Crippen molar-refractivity contribution in [3.8, 4) is 23.1 Å². The minimum Gasteiger partial charge on any atom is -0.493 e. The second-order valence-corrected chi connectivity index (χ2v) is 8.18. The van der Waals surface area contributed by atoms with Crippen LogP contribution < -0.4 is 14.2 Å². The van der Waals surface area contributed by atoms with Crippen LogP contribution in [0.15, 0.2) is 60.8 Å². The van der Waals surface area contributed by atoms with Gasteiger partial charge in [-0.3, -0.25) is 4.79 Å². The highest BCUT2D eigenvalue weighted by atomic mass is 19.4. The van der Waals surface area contributed by atoms with Gasteiger partial charge in [0.1, 0.15) is 17.6 Å². The van der Waals surface area contributed by atoms with E-state index in [1.54, 1.807) is 43.3 Å². The summed E-state index contributed by atoms with van der Waals surface area (Å²) in [5, 5.41) is 8.91. The number of aromatic nitrogens is 1. The second-order valence-electron chi connectivity index (χ2n) is 8.18. The molecule has 9 heteroatoms. The molecule has 0 fully saturated rings. The summed E-state index contributed by atoms with van der Waals surface area (Å²) in [5.74, 6) is -0.00756. The summed E-state index contributed by atoms with van der Waals surface area (Å²) < 4.78 is 56.9. The molecule has 0 saturated carbocycles. The highest BCUT2D eigenvalue weighted by molar-refractivity contribution is 5.67. The van der Waals surface area contributed by atoms with Crippen LogP contribution in [-0.2, 0) is 23.8 Å². The number of para-hydroxylation sites is 1. The molecule has 3 aromatic rings. The van der Waals surface area contributed by atoms with Crippen molar-refractivity contribution in [1.82, 2.24) is 4.98 Å². The van der Waals surface area contributed by atoms with Crippen molar-refractivity contribution in [3.05, 3.63) is 77.5 Å². The zero-order valence-corrected chi connectivity index (χ0v) is 20.0. The van der Waals surface area contributed by atoms with Gasteiger partial charge in [0.15, 0.2) is 5.75 Å². The summed E-state index contributed by atoms with van der Waals surface area (Å²) in [7, 11) is 0. The average Bonchev–Trinajstić information content (AvgIpc) is 2.84. The minimum absolute atomic E-state index is 0.0459. The predicted octanol–water partition coefficient (Wildman–Crippen LogP) is 6.71. The van der Waals surface area contributed by atoms with Crippen molar-refractivity contribution in [2.75, 3.05) is 6.61 Å². The van der Waals surface area contributed by atoms with Crippen LogP contribution >= 0.6 is 0 Å². The molecule has 2 aromatic carbocycles. The lowest BCUT2D eigenvalue weighted by Crippen LogP contribution is -2.17. The van der Waals surface area contributed by atoms with Gasteiger partial charge in [0.05, 0.1) is 12.2 Å². The molecular weight excluding hydrogens is 475 g/mol. The van der Waals surface area contributed by atoms with Gasteiger partial charge >= 0.3 is 12.1 Å². The normalized spacial score (nSPS) is 12.1. The number of hydrogen-bond donors (Lipinski definition) is 1. The number of alkyl halides is 3. The third kappa shape index (κ3) is 7.90. The molecule has 1 N–H and O–H groups in total. The Kier molecular flexibility index (Phi) is 9.16. The molecule has 3 rings (SSSR count). The molecular formula is C27H28F3NO5. The summed E-state index contributed by atoms with van der Waals surface area (Å²) in [4.78, 5) is 14.7. The first-order chi connectivity index (χ1) is 17.2. The lowest BCUT2D eigenvalue weighted by Gasteiger charge is -2.18. The molecule has 1 atom stereocenters. The average molecular weight is 504 g/mol. The fourth-order valence-corrected chi connectivity index (χ4v) is 3.46. The van der Waals surface area contributed by atoms with Gasteiger partial charge in [-0.15, -0.1) is 0 Å². The van der Waals surface area contributed by atoms with Crippen LogP contribution in [0.25, 0.3) is 0 Å². The Labute approximate surface area is 207 Å². The molecule has 1 heterocycles. The number of pyridine rings is 1. The Bertz CT molecular complexity index is 1150. The first-order valence-electron chi connectivity index (χ1n) is 11.6. The molecule has 6 nitrogen and oxygen atoms in total. The molecule has 0 unspecified atom stereocenters. The second kappa shape index (κ2) is 12.3. The number of carboxylic acid groups (broad SMARTS) is 1. The lowest BCUT2D eigenvalue weighted by atomic mass is 10.0. The maximum Gasteiger partial charge on any atom is 0.418 e. The van der Waals surface area contributed by atoms with Gasteiger partial charge < -0.3 is 19.3 Å². The molecule has 0 bridgehead atoms.